The van der Waals surface area contributed by atoms with Gasteiger partial charge in [-0.2, -0.15) is 0 Å². The number of aromatic nitrogens is 3. The predicted octanol–water partition coefficient (Wildman–Crippen LogP) is 3.41. The maximum Gasteiger partial charge on any atom is 0.245 e. The van der Waals surface area contributed by atoms with Gasteiger partial charge in [-0.1, -0.05) is 6.58 Å². The Kier molecular flexibility index (Phi) is 5.14. The molecule has 0 bridgehead atoms. The first-order valence-electron chi connectivity index (χ1n) is 7.68. The van der Waals surface area contributed by atoms with E-state index < -0.39 is 0 Å². The molecule has 0 atom stereocenters. The monoisotopic (exact) mass is 400 g/mol. The second kappa shape index (κ2) is 7.48. The molecule has 3 heterocycles. The minimum atomic E-state index is -0.139. The SMILES string of the molecule is C=CC(=O)N(C)CCOc1cnccc1-c1[nH]c2cccnc2c1Br. The van der Waals surface area contributed by atoms with Crippen molar-refractivity contribution in [1.29, 1.82) is 0 Å². The third kappa shape index (κ3) is 3.56. The first kappa shape index (κ1) is 17.2. The fraction of sp³-hybridized carbons (Fsp3) is 0.167. The van der Waals surface area contributed by atoms with Crippen LogP contribution in [0.2, 0.25) is 0 Å². The van der Waals surface area contributed by atoms with Crippen LogP contribution in [0.15, 0.2) is 53.9 Å². The summed E-state index contributed by atoms with van der Waals surface area (Å²) >= 11 is 3.61. The summed E-state index contributed by atoms with van der Waals surface area (Å²) in [7, 11) is 1.71. The van der Waals surface area contributed by atoms with Crippen LogP contribution in [0.25, 0.3) is 22.3 Å². The molecule has 128 valence electrons. The van der Waals surface area contributed by atoms with Gasteiger partial charge in [-0.25, -0.2) is 0 Å². The summed E-state index contributed by atoms with van der Waals surface area (Å²) in [4.78, 5) is 24.9. The van der Waals surface area contributed by atoms with Crippen LogP contribution < -0.4 is 4.74 Å². The van der Waals surface area contributed by atoms with Crippen LogP contribution >= 0.6 is 15.9 Å². The number of amides is 1. The molecule has 3 rings (SSSR count). The highest BCUT2D eigenvalue weighted by Crippen LogP contribution is 2.37. The zero-order valence-electron chi connectivity index (χ0n) is 13.7. The first-order valence-corrected chi connectivity index (χ1v) is 8.48. The lowest BCUT2D eigenvalue weighted by molar-refractivity contribution is -0.125. The number of H-pyrrole nitrogens is 1. The van der Waals surface area contributed by atoms with Gasteiger partial charge in [-0.05, 0) is 40.2 Å². The molecule has 1 N–H and O–H groups in total. The van der Waals surface area contributed by atoms with E-state index in [0.717, 1.165) is 26.8 Å². The molecule has 3 aromatic heterocycles. The number of likely N-dealkylation sites (N-methyl/N-ethyl adjacent to an activating group) is 1. The Morgan fingerprint density at radius 1 is 1.44 bits per heavy atom. The van der Waals surface area contributed by atoms with Crippen molar-refractivity contribution in [3.8, 4) is 17.0 Å². The zero-order chi connectivity index (χ0) is 17.8. The maximum absolute atomic E-state index is 11.5. The van der Waals surface area contributed by atoms with Gasteiger partial charge in [0.05, 0.1) is 28.4 Å². The van der Waals surface area contributed by atoms with E-state index in [1.165, 1.54) is 6.08 Å². The molecule has 0 saturated carbocycles. The largest absolute Gasteiger partial charge is 0.489 e. The average Bonchev–Trinajstić information content (AvgIpc) is 2.98. The number of hydrogen-bond donors (Lipinski definition) is 1. The fourth-order valence-corrected chi connectivity index (χ4v) is 3.06. The van der Waals surface area contributed by atoms with Gasteiger partial charge in [0.15, 0.2) is 0 Å². The molecular formula is C18H17BrN4O2. The Labute approximate surface area is 153 Å². The van der Waals surface area contributed by atoms with Crippen molar-refractivity contribution in [2.45, 2.75) is 0 Å². The maximum atomic E-state index is 11.5. The summed E-state index contributed by atoms with van der Waals surface area (Å²) in [6, 6.07) is 5.73. The number of ether oxygens (including phenoxy) is 1. The van der Waals surface area contributed by atoms with Crippen LogP contribution in [-0.2, 0) is 4.79 Å². The minimum absolute atomic E-state index is 0.139. The lowest BCUT2D eigenvalue weighted by Crippen LogP contribution is -2.29. The lowest BCUT2D eigenvalue weighted by atomic mass is 10.2. The molecular weight excluding hydrogens is 384 g/mol. The van der Waals surface area contributed by atoms with Crippen molar-refractivity contribution in [1.82, 2.24) is 19.9 Å². The van der Waals surface area contributed by atoms with Crippen LogP contribution in [-0.4, -0.2) is 46.0 Å². The molecule has 0 fully saturated rings. The number of rotatable bonds is 6. The van der Waals surface area contributed by atoms with Gasteiger partial charge in [0.25, 0.3) is 0 Å². The van der Waals surface area contributed by atoms with Gasteiger partial charge in [0, 0.05) is 25.0 Å². The van der Waals surface area contributed by atoms with E-state index in [1.54, 1.807) is 30.5 Å². The van der Waals surface area contributed by atoms with Crippen LogP contribution in [0.1, 0.15) is 0 Å². The molecule has 25 heavy (non-hydrogen) atoms. The van der Waals surface area contributed by atoms with Crippen molar-refractivity contribution in [2.24, 2.45) is 0 Å². The van der Waals surface area contributed by atoms with Gasteiger partial charge in [0.1, 0.15) is 17.9 Å². The van der Waals surface area contributed by atoms with Crippen molar-refractivity contribution in [3.05, 3.63) is 53.9 Å². The Morgan fingerprint density at radius 3 is 3.04 bits per heavy atom. The Balaban J connectivity index is 1.84. The molecule has 0 spiro atoms. The second-order valence-electron chi connectivity index (χ2n) is 5.40. The number of nitrogens with one attached hydrogen (secondary N) is 1. The summed E-state index contributed by atoms with van der Waals surface area (Å²) < 4.78 is 6.73. The number of hydrogen-bond acceptors (Lipinski definition) is 4. The quantitative estimate of drug-likeness (QED) is 0.643. The molecule has 0 aliphatic rings. The number of pyridine rings is 2. The lowest BCUT2D eigenvalue weighted by Gasteiger charge is -2.16. The van der Waals surface area contributed by atoms with E-state index in [9.17, 15) is 4.79 Å². The highest BCUT2D eigenvalue weighted by atomic mass is 79.9. The second-order valence-corrected chi connectivity index (χ2v) is 6.19. The smallest absolute Gasteiger partial charge is 0.245 e. The Bertz CT molecular complexity index is 922. The van der Waals surface area contributed by atoms with E-state index in [-0.39, 0.29) is 5.91 Å². The average molecular weight is 401 g/mol. The molecule has 0 aliphatic carbocycles. The molecule has 0 aliphatic heterocycles. The fourth-order valence-electron chi connectivity index (χ4n) is 2.43. The van der Waals surface area contributed by atoms with Crippen molar-refractivity contribution >= 4 is 32.9 Å². The Hall–Kier alpha value is -2.67. The standard InChI is InChI=1S/C18H17BrN4O2/c1-3-15(24)23(2)9-10-25-14-11-20-8-6-12(14)17-16(19)18-13(22-17)5-4-7-21-18/h3-8,11,22H,1,9-10H2,2H3. The normalized spacial score (nSPS) is 10.6. The van der Waals surface area contributed by atoms with E-state index in [1.807, 2.05) is 18.2 Å². The molecule has 0 aromatic carbocycles. The zero-order valence-corrected chi connectivity index (χ0v) is 15.3. The van der Waals surface area contributed by atoms with Gasteiger partial charge in [0.2, 0.25) is 5.91 Å². The number of nitrogens with zero attached hydrogens (tertiary/aromatic N) is 3. The summed E-state index contributed by atoms with van der Waals surface area (Å²) in [6.45, 7) is 4.28. The first-order chi connectivity index (χ1) is 12.1. The molecule has 0 saturated heterocycles. The Morgan fingerprint density at radius 2 is 2.28 bits per heavy atom. The highest BCUT2D eigenvalue weighted by Gasteiger charge is 2.16. The third-order valence-corrected chi connectivity index (χ3v) is 4.56. The van der Waals surface area contributed by atoms with Crippen LogP contribution in [0, 0.1) is 0 Å². The van der Waals surface area contributed by atoms with E-state index >= 15 is 0 Å². The number of halogens is 1. The molecule has 3 aromatic rings. The van der Waals surface area contributed by atoms with Crippen LogP contribution in [0.5, 0.6) is 5.75 Å². The third-order valence-electron chi connectivity index (χ3n) is 3.78. The van der Waals surface area contributed by atoms with Gasteiger partial charge >= 0.3 is 0 Å². The predicted molar refractivity (Wildman–Crippen MR) is 100 cm³/mol. The molecule has 7 heteroatoms. The van der Waals surface area contributed by atoms with E-state index in [0.29, 0.717) is 18.9 Å². The van der Waals surface area contributed by atoms with Crippen molar-refractivity contribution in [3.63, 3.8) is 0 Å². The summed E-state index contributed by atoms with van der Waals surface area (Å²) in [6.07, 6.45) is 6.40. The molecule has 1 amide bonds. The summed E-state index contributed by atoms with van der Waals surface area (Å²) in [5.41, 5.74) is 3.54. The number of aromatic amines is 1. The van der Waals surface area contributed by atoms with Crippen LogP contribution in [0.3, 0.4) is 0 Å². The minimum Gasteiger partial charge on any atom is -0.489 e. The van der Waals surface area contributed by atoms with E-state index in [4.69, 9.17) is 4.74 Å². The number of carbonyl (C=O) groups excluding carboxylic acids is 1. The van der Waals surface area contributed by atoms with Gasteiger partial charge in [-0.15, -0.1) is 0 Å². The number of fused-ring (bicyclic) bond motifs is 1. The number of carbonyl (C=O) groups is 1. The van der Waals surface area contributed by atoms with Crippen molar-refractivity contribution in [2.75, 3.05) is 20.2 Å². The molecule has 0 unspecified atom stereocenters. The van der Waals surface area contributed by atoms with Crippen LogP contribution in [0.4, 0.5) is 0 Å². The van der Waals surface area contributed by atoms with Gasteiger partial charge < -0.3 is 14.6 Å². The topological polar surface area (TPSA) is 71.1 Å². The van der Waals surface area contributed by atoms with Gasteiger partial charge in [-0.3, -0.25) is 14.8 Å². The summed E-state index contributed by atoms with van der Waals surface area (Å²) in [5, 5.41) is 0. The molecule has 6 nitrogen and oxygen atoms in total. The highest BCUT2D eigenvalue weighted by molar-refractivity contribution is 9.10. The molecule has 0 radical (unpaired) electrons. The summed E-state index contributed by atoms with van der Waals surface area (Å²) in [5.74, 6) is 0.494. The van der Waals surface area contributed by atoms with E-state index in [2.05, 4.69) is 37.5 Å². The van der Waals surface area contributed by atoms with Crippen molar-refractivity contribution < 1.29 is 9.53 Å².